The molecule has 0 amide bonds. The Kier molecular flexibility index (Phi) is 2.62. The lowest BCUT2D eigenvalue weighted by Crippen LogP contribution is -2.21. The number of phenols is 1. The van der Waals surface area contributed by atoms with Crippen molar-refractivity contribution in [1.29, 1.82) is 0 Å². The molecule has 0 saturated heterocycles. The van der Waals surface area contributed by atoms with Gasteiger partial charge in [-0.1, -0.05) is 13.3 Å². The molecule has 0 radical (unpaired) electrons. The van der Waals surface area contributed by atoms with Gasteiger partial charge in [0.2, 0.25) is 0 Å². The fourth-order valence-corrected chi connectivity index (χ4v) is 2.04. The minimum Gasteiger partial charge on any atom is -0.508 e. The lowest BCUT2D eigenvalue weighted by atomic mass is 10.1. The molecule has 1 heterocycles. The quantitative estimate of drug-likeness (QED) is 0.793. The van der Waals surface area contributed by atoms with Crippen LogP contribution >= 0.6 is 0 Å². The summed E-state index contributed by atoms with van der Waals surface area (Å²) in [7, 11) is 0. The standard InChI is InChI=1S/C12H17NO/c1-2-3-7-13-8-6-10-9-11(14)4-5-12(10)13/h4-5,9,14H,2-3,6-8H2,1H3. The van der Waals surface area contributed by atoms with Gasteiger partial charge in [0, 0.05) is 18.8 Å². The Morgan fingerprint density at radius 3 is 3.07 bits per heavy atom. The lowest BCUT2D eigenvalue weighted by molar-refractivity contribution is 0.475. The molecule has 0 aromatic heterocycles. The summed E-state index contributed by atoms with van der Waals surface area (Å²) >= 11 is 0. The SMILES string of the molecule is CCCCN1CCc2cc(O)ccc21. The van der Waals surface area contributed by atoms with Crippen molar-refractivity contribution in [3.63, 3.8) is 0 Å². The van der Waals surface area contributed by atoms with E-state index in [1.165, 1.54) is 24.1 Å². The molecule has 14 heavy (non-hydrogen) atoms. The van der Waals surface area contributed by atoms with Crippen molar-refractivity contribution in [3.05, 3.63) is 23.8 Å². The van der Waals surface area contributed by atoms with Crippen LogP contribution in [0.4, 0.5) is 5.69 Å². The maximum absolute atomic E-state index is 9.34. The van der Waals surface area contributed by atoms with Crippen LogP contribution in [0.25, 0.3) is 0 Å². The van der Waals surface area contributed by atoms with Gasteiger partial charge in [0.15, 0.2) is 0 Å². The molecule has 0 fully saturated rings. The maximum atomic E-state index is 9.34. The van der Waals surface area contributed by atoms with Gasteiger partial charge in [-0.3, -0.25) is 0 Å². The van der Waals surface area contributed by atoms with Gasteiger partial charge in [0.05, 0.1) is 0 Å². The van der Waals surface area contributed by atoms with Crippen molar-refractivity contribution in [2.45, 2.75) is 26.2 Å². The van der Waals surface area contributed by atoms with Crippen LogP contribution in [0.2, 0.25) is 0 Å². The average molecular weight is 191 g/mol. The number of unbranched alkanes of at least 4 members (excludes halogenated alkanes) is 1. The first-order valence-corrected chi connectivity index (χ1v) is 5.38. The van der Waals surface area contributed by atoms with Crippen molar-refractivity contribution in [1.82, 2.24) is 0 Å². The highest BCUT2D eigenvalue weighted by Crippen LogP contribution is 2.30. The van der Waals surface area contributed by atoms with E-state index in [1.54, 1.807) is 6.07 Å². The summed E-state index contributed by atoms with van der Waals surface area (Å²) in [6, 6.07) is 5.71. The van der Waals surface area contributed by atoms with Crippen LogP contribution in [0, 0.1) is 0 Å². The molecule has 76 valence electrons. The molecule has 0 spiro atoms. The van der Waals surface area contributed by atoms with Crippen LogP contribution in [-0.4, -0.2) is 18.2 Å². The monoisotopic (exact) mass is 191 g/mol. The number of hydrogen-bond donors (Lipinski definition) is 1. The van der Waals surface area contributed by atoms with Gasteiger partial charge < -0.3 is 10.0 Å². The zero-order chi connectivity index (χ0) is 9.97. The highest BCUT2D eigenvalue weighted by molar-refractivity contribution is 5.59. The molecule has 2 heteroatoms. The molecule has 1 aromatic rings. The first-order chi connectivity index (χ1) is 6.81. The molecular weight excluding hydrogens is 174 g/mol. The minimum atomic E-state index is 0.390. The van der Waals surface area contributed by atoms with Gasteiger partial charge >= 0.3 is 0 Å². The van der Waals surface area contributed by atoms with Gasteiger partial charge in [0.25, 0.3) is 0 Å². The summed E-state index contributed by atoms with van der Waals surface area (Å²) in [5, 5.41) is 9.34. The van der Waals surface area contributed by atoms with Gasteiger partial charge in [-0.05, 0) is 36.6 Å². The first-order valence-electron chi connectivity index (χ1n) is 5.38. The molecule has 0 aliphatic carbocycles. The third-order valence-corrected chi connectivity index (χ3v) is 2.84. The topological polar surface area (TPSA) is 23.5 Å². The van der Waals surface area contributed by atoms with Crippen LogP contribution in [0.3, 0.4) is 0 Å². The zero-order valence-electron chi connectivity index (χ0n) is 8.66. The molecule has 2 nitrogen and oxygen atoms in total. The summed E-state index contributed by atoms with van der Waals surface area (Å²) < 4.78 is 0. The van der Waals surface area contributed by atoms with E-state index in [-0.39, 0.29) is 0 Å². The molecule has 1 aliphatic rings. The summed E-state index contributed by atoms with van der Waals surface area (Å²) in [5.41, 5.74) is 2.61. The van der Waals surface area contributed by atoms with Crippen molar-refractivity contribution in [3.8, 4) is 5.75 Å². The number of nitrogens with zero attached hydrogens (tertiary/aromatic N) is 1. The van der Waals surface area contributed by atoms with E-state index in [9.17, 15) is 5.11 Å². The average Bonchev–Trinajstić information content (AvgIpc) is 2.57. The van der Waals surface area contributed by atoms with Gasteiger partial charge in [0.1, 0.15) is 5.75 Å². The summed E-state index contributed by atoms with van der Waals surface area (Å²) in [6.07, 6.45) is 3.57. The van der Waals surface area contributed by atoms with E-state index in [4.69, 9.17) is 0 Å². The number of phenolic OH excluding ortho intramolecular Hbond substituents is 1. The molecule has 1 N–H and O–H groups in total. The highest BCUT2D eigenvalue weighted by atomic mass is 16.3. The van der Waals surface area contributed by atoms with E-state index >= 15 is 0 Å². The maximum Gasteiger partial charge on any atom is 0.116 e. The first kappa shape index (κ1) is 9.38. The summed E-state index contributed by atoms with van der Waals surface area (Å²) in [4.78, 5) is 2.41. The predicted octanol–water partition coefficient (Wildman–Crippen LogP) is 2.55. The molecule has 0 saturated carbocycles. The van der Waals surface area contributed by atoms with Crippen LogP contribution in [0.5, 0.6) is 5.75 Å². The van der Waals surface area contributed by atoms with Gasteiger partial charge in [-0.25, -0.2) is 0 Å². The van der Waals surface area contributed by atoms with Crippen molar-refractivity contribution in [2.75, 3.05) is 18.0 Å². The number of benzene rings is 1. The normalized spacial score (nSPS) is 14.5. The van der Waals surface area contributed by atoms with Crippen LogP contribution < -0.4 is 4.90 Å². The van der Waals surface area contributed by atoms with E-state index in [0.29, 0.717) is 5.75 Å². The molecule has 2 rings (SSSR count). The molecule has 1 aliphatic heterocycles. The molecule has 0 unspecified atom stereocenters. The smallest absolute Gasteiger partial charge is 0.116 e. The van der Waals surface area contributed by atoms with Crippen LogP contribution in [0.1, 0.15) is 25.3 Å². The molecule has 0 bridgehead atoms. The fraction of sp³-hybridized carbons (Fsp3) is 0.500. The van der Waals surface area contributed by atoms with Gasteiger partial charge in [-0.2, -0.15) is 0 Å². The Balaban J connectivity index is 2.14. The van der Waals surface area contributed by atoms with Crippen LogP contribution in [0.15, 0.2) is 18.2 Å². The Morgan fingerprint density at radius 2 is 2.29 bits per heavy atom. The van der Waals surface area contributed by atoms with E-state index in [2.05, 4.69) is 11.8 Å². The third kappa shape index (κ3) is 1.69. The lowest BCUT2D eigenvalue weighted by Gasteiger charge is -2.18. The van der Waals surface area contributed by atoms with E-state index in [0.717, 1.165) is 19.5 Å². The highest BCUT2D eigenvalue weighted by Gasteiger charge is 2.18. The second kappa shape index (κ2) is 3.91. The minimum absolute atomic E-state index is 0.390. The number of rotatable bonds is 3. The second-order valence-electron chi connectivity index (χ2n) is 3.90. The molecule has 1 aromatic carbocycles. The van der Waals surface area contributed by atoms with E-state index < -0.39 is 0 Å². The Hall–Kier alpha value is -1.18. The van der Waals surface area contributed by atoms with Crippen molar-refractivity contribution < 1.29 is 5.11 Å². The Bertz CT molecular complexity index is 322. The molecule has 0 atom stereocenters. The summed E-state index contributed by atoms with van der Waals surface area (Å²) in [6.45, 7) is 4.47. The number of aromatic hydroxyl groups is 1. The fourth-order valence-electron chi connectivity index (χ4n) is 2.04. The third-order valence-electron chi connectivity index (χ3n) is 2.84. The zero-order valence-corrected chi connectivity index (χ0v) is 8.66. The molecular formula is C12H17NO. The van der Waals surface area contributed by atoms with E-state index in [1.807, 2.05) is 12.1 Å². The number of fused-ring (bicyclic) bond motifs is 1. The van der Waals surface area contributed by atoms with Gasteiger partial charge in [-0.15, -0.1) is 0 Å². The largest absolute Gasteiger partial charge is 0.508 e. The number of anilines is 1. The Labute approximate surface area is 85.2 Å². The van der Waals surface area contributed by atoms with Crippen molar-refractivity contribution in [2.24, 2.45) is 0 Å². The summed E-state index contributed by atoms with van der Waals surface area (Å²) in [5.74, 6) is 0.390. The van der Waals surface area contributed by atoms with Crippen molar-refractivity contribution >= 4 is 5.69 Å². The van der Waals surface area contributed by atoms with Crippen LogP contribution in [-0.2, 0) is 6.42 Å². The Morgan fingerprint density at radius 1 is 1.43 bits per heavy atom. The predicted molar refractivity (Wildman–Crippen MR) is 58.9 cm³/mol. The second-order valence-corrected chi connectivity index (χ2v) is 3.90. The number of hydrogen-bond acceptors (Lipinski definition) is 2.